The van der Waals surface area contributed by atoms with Gasteiger partial charge < -0.3 is 19.5 Å². The van der Waals surface area contributed by atoms with Gasteiger partial charge in [0.05, 0.1) is 13.7 Å². The number of fused-ring (bicyclic) bond motifs is 1. The molecular formula is C20H21N3O3. The van der Waals surface area contributed by atoms with E-state index in [9.17, 15) is 0 Å². The number of aromatic nitrogens is 2. The molecule has 6 nitrogen and oxygen atoms in total. The number of rotatable bonds is 7. The van der Waals surface area contributed by atoms with Gasteiger partial charge in [0.25, 0.3) is 0 Å². The maximum absolute atomic E-state index is 5.48. The van der Waals surface area contributed by atoms with Gasteiger partial charge in [0.1, 0.15) is 0 Å². The van der Waals surface area contributed by atoms with Gasteiger partial charge in [0.15, 0.2) is 11.5 Å². The number of methoxy groups -OCH3 is 1. The molecule has 6 heteroatoms. The molecule has 2 aromatic carbocycles. The number of benzene rings is 2. The van der Waals surface area contributed by atoms with Gasteiger partial charge in [0.2, 0.25) is 12.5 Å². The van der Waals surface area contributed by atoms with Crippen molar-refractivity contribution in [1.29, 1.82) is 0 Å². The van der Waals surface area contributed by atoms with Crippen LogP contribution in [-0.2, 0) is 19.6 Å². The Balaban J connectivity index is 1.43. The maximum Gasteiger partial charge on any atom is 0.231 e. The van der Waals surface area contributed by atoms with Gasteiger partial charge in [-0.1, -0.05) is 24.3 Å². The standard InChI is InChI=1S/C20H21N3O3/c1-24-18-9-15(10-19-20(18)26-14-25-19)11-21-12-16-5-2-3-6-17(16)13-23-8-4-7-22-23/h2-10,21H,11-14H2,1H3. The van der Waals surface area contributed by atoms with Gasteiger partial charge in [-0.3, -0.25) is 4.68 Å². The molecule has 26 heavy (non-hydrogen) atoms. The molecule has 2 heterocycles. The first kappa shape index (κ1) is 16.5. The van der Waals surface area contributed by atoms with E-state index in [4.69, 9.17) is 14.2 Å². The summed E-state index contributed by atoms with van der Waals surface area (Å²) < 4.78 is 18.3. The summed E-state index contributed by atoms with van der Waals surface area (Å²) >= 11 is 0. The molecule has 1 aromatic heterocycles. The lowest BCUT2D eigenvalue weighted by molar-refractivity contribution is 0.171. The van der Waals surface area contributed by atoms with Crippen molar-refractivity contribution in [2.75, 3.05) is 13.9 Å². The zero-order chi connectivity index (χ0) is 17.8. The van der Waals surface area contributed by atoms with Crippen LogP contribution in [0.3, 0.4) is 0 Å². The monoisotopic (exact) mass is 351 g/mol. The van der Waals surface area contributed by atoms with Crippen molar-refractivity contribution in [3.05, 3.63) is 71.5 Å². The number of hydrogen-bond donors (Lipinski definition) is 1. The van der Waals surface area contributed by atoms with E-state index in [0.29, 0.717) is 18.0 Å². The summed E-state index contributed by atoms with van der Waals surface area (Å²) in [6, 6.07) is 14.3. The Hall–Kier alpha value is -2.99. The Morgan fingerprint density at radius 3 is 2.81 bits per heavy atom. The van der Waals surface area contributed by atoms with Gasteiger partial charge in [-0.15, -0.1) is 0 Å². The molecule has 134 valence electrons. The van der Waals surface area contributed by atoms with Crippen LogP contribution in [0.2, 0.25) is 0 Å². The topological polar surface area (TPSA) is 57.5 Å². The Morgan fingerprint density at radius 2 is 2.00 bits per heavy atom. The lowest BCUT2D eigenvalue weighted by Gasteiger charge is -2.12. The van der Waals surface area contributed by atoms with Crippen LogP contribution in [0.1, 0.15) is 16.7 Å². The van der Waals surface area contributed by atoms with E-state index in [1.165, 1.54) is 11.1 Å². The molecule has 0 saturated carbocycles. The smallest absolute Gasteiger partial charge is 0.231 e. The molecule has 3 aromatic rings. The minimum atomic E-state index is 0.239. The normalized spacial score (nSPS) is 12.3. The Morgan fingerprint density at radius 1 is 1.12 bits per heavy atom. The van der Waals surface area contributed by atoms with Crippen LogP contribution in [-0.4, -0.2) is 23.7 Å². The van der Waals surface area contributed by atoms with Crippen molar-refractivity contribution >= 4 is 0 Å². The Bertz CT molecular complexity index is 878. The molecular weight excluding hydrogens is 330 g/mol. The van der Waals surface area contributed by atoms with Crippen molar-refractivity contribution in [2.24, 2.45) is 0 Å². The van der Waals surface area contributed by atoms with Gasteiger partial charge >= 0.3 is 0 Å². The second-order valence-corrected chi connectivity index (χ2v) is 6.11. The molecule has 0 spiro atoms. The molecule has 4 rings (SSSR count). The summed E-state index contributed by atoms with van der Waals surface area (Å²) in [6.45, 7) is 2.49. The first-order valence-electron chi connectivity index (χ1n) is 8.55. The van der Waals surface area contributed by atoms with Crippen molar-refractivity contribution in [3.8, 4) is 17.2 Å². The molecule has 0 bridgehead atoms. The first-order chi connectivity index (χ1) is 12.8. The van der Waals surface area contributed by atoms with Crippen molar-refractivity contribution in [2.45, 2.75) is 19.6 Å². The third-order valence-corrected chi connectivity index (χ3v) is 4.37. The summed E-state index contributed by atoms with van der Waals surface area (Å²) in [5, 5.41) is 7.79. The molecule has 0 atom stereocenters. The molecule has 0 aliphatic carbocycles. The number of hydrogen-bond acceptors (Lipinski definition) is 5. The summed E-state index contributed by atoms with van der Waals surface area (Å²) in [4.78, 5) is 0. The zero-order valence-electron chi connectivity index (χ0n) is 14.6. The fourth-order valence-corrected chi connectivity index (χ4v) is 3.08. The highest BCUT2D eigenvalue weighted by Crippen LogP contribution is 2.41. The van der Waals surface area contributed by atoms with Crippen LogP contribution < -0.4 is 19.5 Å². The molecule has 0 amide bonds. The lowest BCUT2D eigenvalue weighted by atomic mass is 10.1. The highest BCUT2D eigenvalue weighted by atomic mass is 16.7. The molecule has 0 radical (unpaired) electrons. The third kappa shape index (κ3) is 3.50. The summed E-state index contributed by atoms with van der Waals surface area (Å²) in [5.74, 6) is 2.12. The Labute approximate surface area is 152 Å². The van der Waals surface area contributed by atoms with Gasteiger partial charge in [0, 0.05) is 25.5 Å². The second kappa shape index (κ2) is 7.49. The van der Waals surface area contributed by atoms with E-state index < -0.39 is 0 Å². The van der Waals surface area contributed by atoms with E-state index in [0.717, 1.165) is 24.4 Å². The molecule has 0 unspecified atom stereocenters. The second-order valence-electron chi connectivity index (χ2n) is 6.11. The molecule has 0 saturated heterocycles. The van der Waals surface area contributed by atoms with Crippen LogP contribution >= 0.6 is 0 Å². The first-order valence-corrected chi connectivity index (χ1v) is 8.55. The fourth-order valence-electron chi connectivity index (χ4n) is 3.08. The zero-order valence-corrected chi connectivity index (χ0v) is 14.6. The van der Waals surface area contributed by atoms with E-state index in [2.05, 4.69) is 34.7 Å². The van der Waals surface area contributed by atoms with E-state index in [1.807, 2.05) is 29.1 Å². The van der Waals surface area contributed by atoms with E-state index >= 15 is 0 Å². The lowest BCUT2D eigenvalue weighted by Crippen LogP contribution is -2.15. The van der Waals surface area contributed by atoms with E-state index in [1.54, 1.807) is 13.3 Å². The summed E-state index contributed by atoms with van der Waals surface area (Å²) in [7, 11) is 1.64. The average Bonchev–Trinajstić information content (AvgIpc) is 3.34. The Kier molecular flexibility index (Phi) is 4.75. The van der Waals surface area contributed by atoms with Crippen LogP contribution in [0, 0.1) is 0 Å². The van der Waals surface area contributed by atoms with Crippen molar-refractivity contribution < 1.29 is 14.2 Å². The highest BCUT2D eigenvalue weighted by Gasteiger charge is 2.19. The predicted octanol–water partition coefficient (Wildman–Crippen LogP) is 2.96. The molecule has 1 aliphatic rings. The number of nitrogens with zero attached hydrogens (tertiary/aromatic N) is 2. The van der Waals surface area contributed by atoms with Crippen molar-refractivity contribution in [3.63, 3.8) is 0 Å². The fraction of sp³-hybridized carbons (Fsp3) is 0.250. The minimum Gasteiger partial charge on any atom is -0.493 e. The van der Waals surface area contributed by atoms with Crippen LogP contribution in [0.25, 0.3) is 0 Å². The quantitative estimate of drug-likeness (QED) is 0.709. The van der Waals surface area contributed by atoms with E-state index in [-0.39, 0.29) is 6.79 Å². The summed E-state index contributed by atoms with van der Waals surface area (Å²) in [6.07, 6.45) is 3.77. The van der Waals surface area contributed by atoms with Gasteiger partial charge in [-0.05, 0) is 34.9 Å². The average molecular weight is 351 g/mol. The van der Waals surface area contributed by atoms with Gasteiger partial charge in [-0.25, -0.2) is 0 Å². The molecule has 0 fully saturated rings. The largest absolute Gasteiger partial charge is 0.493 e. The number of ether oxygens (including phenoxy) is 3. The summed E-state index contributed by atoms with van der Waals surface area (Å²) in [5.41, 5.74) is 3.61. The van der Waals surface area contributed by atoms with Crippen LogP contribution in [0.5, 0.6) is 17.2 Å². The van der Waals surface area contributed by atoms with Crippen molar-refractivity contribution in [1.82, 2.24) is 15.1 Å². The predicted molar refractivity (Wildman–Crippen MR) is 97.4 cm³/mol. The highest BCUT2D eigenvalue weighted by molar-refractivity contribution is 5.55. The maximum atomic E-state index is 5.48. The number of nitrogens with one attached hydrogen (secondary N) is 1. The van der Waals surface area contributed by atoms with Crippen LogP contribution in [0.15, 0.2) is 54.9 Å². The van der Waals surface area contributed by atoms with Crippen LogP contribution in [0.4, 0.5) is 0 Å². The molecule has 1 aliphatic heterocycles. The minimum absolute atomic E-state index is 0.239. The SMILES string of the molecule is COc1cc(CNCc2ccccc2Cn2cccn2)cc2c1OCO2. The third-order valence-electron chi connectivity index (χ3n) is 4.37. The molecule has 1 N–H and O–H groups in total. The van der Waals surface area contributed by atoms with Gasteiger partial charge in [-0.2, -0.15) is 5.10 Å².